The molecule has 0 bridgehead atoms. The summed E-state index contributed by atoms with van der Waals surface area (Å²) in [5, 5.41) is 0. The molecule has 1 aromatic rings. The van der Waals surface area contributed by atoms with E-state index in [1.807, 2.05) is 24.3 Å². The molecule has 0 radical (unpaired) electrons. The van der Waals surface area contributed by atoms with E-state index in [9.17, 15) is 0 Å². The molecule has 0 amide bonds. The minimum Gasteiger partial charge on any atom is -0.497 e. The van der Waals surface area contributed by atoms with Crippen LogP contribution in [0.25, 0.3) is 0 Å². The van der Waals surface area contributed by atoms with Crippen LogP contribution in [0.3, 0.4) is 0 Å². The minimum absolute atomic E-state index is 0.00195. The Morgan fingerprint density at radius 2 is 1.94 bits per heavy atom. The van der Waals surface area contributed by atoms with E-state index in [-0.39, 0.29) is 12.1 Å². The number of benzene rings is 1. The summed E-state index contributed by atoms with van der Waals surface area (Å²) in [6.45, 7) is 4.15. The van der Waals surface area contributed by atoms with Gasteiger partial charge in [0.05, 0.1) is 7.11 Å². The van der Waals surface area contributed by atoms with E-state index in [1.54, 1.807) is 7.11 Å². The molecule has 0 aliphatic carbocycles. The average Bonchev–Trinajstić information content (AvgIpc) is 2.29. The van der Waals surface area contributed by atoms with E-state index in [1.165, 1.54) is 5.57 Å². The highest BCUT2D eigenvalue weighted by Gasteiger charge is 2.20. The lowest BCUT2D eigenvalue weighted by molar-refractivity contribution is -0.0275. The third-order valence-electron chi connectivity index (χ3n) is 2.72. The van der Waals surface area contributed by atoms with Gasteiger partial charge in [-0.3, -0.25) is 4.84 Å². The number of ether oxygens (including phenoxy) is 1. The van der Waals surface area contributed by atoms with Crippen LogP contribution in [0.15, 0.2) is 35.9 Å². The molecule has 0 spiro atoms. The molecule has 1 heterocycles. The molecule has 3 nitrogen and oxygen atoms in total. The van der Waals surface area contributed by atoms with Gasteiger partial charge in [0.2, 0.25) is 0 Å². The smallest absolute Gasteiger partial charge is 0.125 e. The Morgan fingerprint density at radius 3 is 2.50 bits per heavy atom. The van der Waals surface area contributed by atoms with Gasteiger partial charge >= 0.3 is 0 Å². The topological polar surface area (TPSA) is 30.5 Å². The van der Waals surface area contributed by atoms with E-state index >= 15 is 0 Å². The molecule has 1 aliphatic heterocycles. The maximum atomic E-state index is 5.60. The Kier molecular flexibility index (Phi) is 3.27. The highest BCUT2D eigenvalue weighted by Crippen LogP contribution is 2.28. The first kappa shape index (κ1) is 11.2. The summed E-state index contributed by atoms with van der Waals surface area (Å²) in [4.78, 5) is 5.60. The van der Waals surface area contributed by atoms with Gasteiger partial charge in [0, 0.05) is 6.04 Å². The highest BCUT2D eigenvalue weighted by molar-refractivity contribution is 5.32. The van der Waals surface area contributed by atoms with Crippen molar-refractivity contribution in [2.24, 2.45) is 0 Å². The summed E-state index contributed by atoms with van der Waals surface area (Å²) in [6.07, 6.45) is 2.18. The van der Waals surface area contributed by atoms with Crippen molar-refractivity contribution in [3.8, 4) is 5.75 Å². The predicted molar refractivity (Wildman–Crippen MR) is 63.2 cm³/mol. The van der Waals surface area contributed by atoms with Crippen LogP contribution in [0.5, 0.6) is 5.75 Å². The van der Waals surface area contributed by atoms with Gasteiger partial charge in [-0.2, -0.15) is 5.48 Å². The molecule has 86 valence electrons. The molecule has 2 atom stereocenters. The third kappa shape index (κ3) is 2.26. The summed E-state index contributed by atoms with van der Waals surface area (Å²) >= 11 is 0. The quantitative estimate of drug-likeness (QED) is 0.775. The number of rotatable bonds is 2. The largest absolute Gasteiger partial charge is 0.497 e. The number of hydrogen-bond acceptors (Lipinski definition) is 3. The molecular formula is C13H17NO2. The maximum absolute atomic E-state index is 5.60. The monoisotopic (exact) mass is 219 g/mol. The van der Waals surface area contributed by atoms with Crippen LogP contribution < -0.4 is 10.2 Å². The second-order valence-corrected chi connectivity index (χ2v) is 4.09. The molecule has 3 heteroatoms. The average molecular weight is 219 g/mol. The SMILES string of the molecule is COc1ccc([C@H]2ON[C@@H](C)C=C2C)cc1. The summed E-state index contributed by atoms with van der Waals surface area (Å²) in [5.74, 6) is 0.863. The van der Waals surface area contributed by atoms with Crippen LogP contribution >= 0.6 is 0 Å². The highest BCUT2D eigenvalue weighted by atomic mass is 16.7. The van der Waals surface area contributed by atoms with E-state index in [4.69, 9.17) is 9.57 Å². The van der Waals surface area contributed by atoms with Crippen LogP contribution in [-0.2, 0) is 4.84 Å². The van der Waals surface area contributed by atoms with Crippen molar-refractivity contribution >= 4 is 0 Å². The lowest BCUT2D eigenvalue weighted by Crippen LogP contribution is -2.31. The van der Waals surface area contributed by atoms with Gasteiger partial charge in [-0.25, -0.2) is 0 Å². The first-order valence-corrected chi connectivity index (χ1v) is 5.44. The van der Waals surface area contributed by atoms with Gasteiger partial charge in [0.15, 0.2) is 0 Å². The molecule has 1 aliphatic rings. The molecule has 0 unspecified atom stereocenters. The molecule has 2 rings (SSSR count). The zero-order valence-corrected chi connectivity index (χ0v) is 9.86. The van der Waals surface area contributed by atoms with Crippen LogP contribution in [0.1, 0.15) is 25.5 Å². The van der Waals surface area contributed by atoms with Crippen molar-refractivity contribution in [3.05, 3.63) is 41.5 Å². The summed E-state index contributed by atoms with van der Waals surface area (Å²) in [6, 6.07) is 8.22. The van der Waals surface area contributed by atoms with Gasteiger partial charge in [-0.15, -0.1) is 0 Å². The van der Waals surface area contributed by atoms with Gasteiger partial charge in [-0.1, -0.05) is 18.2 Å². The van der Waals surface area contributed by atoms with Crippen molar-refractivity contribution in [2.45, 2.75) is 26.0 Å². The lowest BCUT2D eigenvalue weighted by Gasteiger charge is -2.26. The van der Waals surface area contributed by atoms with E-state index < -0.39 is 0 Å². The zero-order valence-electron chi connectivity index (χ0n) is 9.86. The Labute approximate surface area is 96.0 Å². The fourth-order valence-electron chi connectivity index (χ4n) is 1.89. The minimum atomic E-state index is 0.00195. The van der Waals surface area contributed by atoms with Gasteiger partial charge in [-0.05, 0) is 37.1 Å². The fraction of sp³-hybridized carbons (Fsp3) is 0.385. The molecule has 1 N–H and O–H groups in total. The summed E-state index contributed by atoms with van der Waals surface area (Å²) < 4.78 is 5.13. The summed E-state index contributed by atoms with van der Waals surface area (Å²) in [7, 11) is 1.67. The van der Waals surface area contributed by atoms with E-state index in [2.05, 4.69) is 25.4 Å². The van der Waals surface area contributed by atoms with Crippen molar-refractivity contribution in [3.63, 3.8) is 0 Å². The zero-order chi connectivity index (χ0) is 11.5. The number of hydrogen-bond donors (Lipinski definition) is 1. The predicted octanol–water partition coefficient (Wildman–Crippen LogP) is 2.61. The molecule has 1 aromatic carbocycles. The van der Waals surface area contributed by atoms with Crippen molar-refractivity contribution in [2.75, 3.05) is 7.11 Å². The van der Waals surface area contributed by atoms with Crippen LogP contribution in [0, 0.1) is 0 Å². The molecule has 16 heavy (non-hydrogen) atoms. The van der Waals surface area contributed by atoms with Crippen LogP contribution in [0.2, 0.25) is 0 Å². The molecule has 0 fully saturated rings. The van der Waals surface area contributed by atoms with Crippen molar-refractivity contribution < 1.29 is 9.57 Å². The Bertz CT molecular complexity index is 383. The number of methoxy groups -OCH3 is 1. The fourth-order valence-corrected chi connectivity index (χ4v) is 1.89. The van der Waals surface area contributed by atoms with E-state index in [0.29, 0.717) is 0 Å². The molecule has 0 saturated heterocycles. The Morgan fingerprint density at radius 1 is 1.25 bits per heavy atom. The third-order valence-corrected chi connectivity index (χ3v) is 2.72. The number of nitrogens with one attached hydrogen (secondary N) is 1. The van der Waals surface area contributed by atoms with Gasteiger partial charge in [0.1, 0.15) is 11.9 Å². The van der Waals surface area contributed by atoms with Crippen LogP contribution in [0.4, 0.5) is 0 Å². The van der Waals surface area contributed by atoms with Crippen LogP contribution in [-0.4, -0.2) is 13.2 Å². The second-order valence-electron chi connectivity index (χ2n) is 4.09. The standard InChI is InChI=1S/C13H17NO2/c1-9-8-10(2)14-16-13(9)11-4-6-12(15-3)7-5-11/h4-8,10,13-14H,1-3H3/t10-,13-/m0/s1. The molecule has 0 saturated carbocycles. The summed E-state index contributed by atoms with van der Waals surface area (Å²) in [5.41, 5.74) is 5.35. The first-order chi connectivity index (χ1) is 7.70. The normalized spacial score (nSPS) is 25.1. The number of hydroxylamine groups is 1. The van der Waals surface area contributed by atoms with Gasteiger partial charge in [0.25, 0.3) is 0 Å². The second kappa shape index (κ2) is 4.68. The van der Waals surface area contributed by atoms with Crippen molar-refractivity contribution in [1.29, 1.82) is 0 Å². The Hall–Kier alpha value is -1.32. The lowest BCUT2D eigenvalue weighted by atomic mass is 10.00. The Balaban J connectivity index is 2.21. The molecule has 0 aromatic heterocycles. The first-order valence-electron chi connectivity index (χ1n) is 5.44. The van der Waals surface area contributed by atoms with Gasteiger partial charge < -0.3 is 4.74 Å². The maximum Gasteiger partial charge on any atom is 0.125 e. The molecular weight excluding hydrogens is 202 g/mol. The van der Waals surface area contributed by atoms with Crippen molar-refractivity contribution in [1.82, 2.24) is 5.48 Å². The van der Waals surface area contributed by atoms with E-state index in [0.717, 1.165) is 11.3 Å².